The molecule has 0 N–H and O–H groups in total. The molecule has 0 aliphatic rings. The van der Waals surface area contributed by atoms with Crippen LogP contribution in [0.2, 0.25) is 0 Å². The van der Waals surface area contributed by atoms with Gasteiger partial charge in [0.25, 0.3) is 0 Å². The van der Waals surface area contributed by atoms with Gasteiger partial charge >= 0.3 is 5.97 Å². The van der Waals surface area contributed by atoms with Crippen LogP contribution in [0.4, 0.5) is 0 Å². The summed E-state index contributed by atoms with van der Waals surface area (Å²) in [6.45, 7) is 2.08. The van der Waals surface area contributed by atoms with Gasteiger partial charge in [0.1, 0.15) is 6.61 Å². The first-order valence-electron chi connectivity index (χ1n) is 7.94. The Hall–Kier alpha value is -3.32. The van der Waals surface area contributed by atoms with Gasteiger partial charge in [0.2, 0.25) is 5.78 Å². The van der Waals surface area contributed by atoms with Gasteiger partial charge in [-0.1, -0.05) is 30.3 Å². The summed E-state index contributed by atoms with van der Waals surface area (Å²) < 4.78 is 6.93. The molecule has 4 nitrogen and oxygen atoms in total. The monoisotopic (exact) mass is 331 g/mol. The normalized spacial score (nSPS) is 10.4. The van der Waals surface area contributed by atoms with E-state index in [9.17, 15) is 9.59 Å². The minimum Gasteiger partial charge on any atom is -0.461 e. The van der Waals surface area contributed by atoms with Crippen LogP contribution in [0.1, 0.15) is 38.4 Å². The average molecular weight is 331 g/mol. The fraction of sp³-hybridized carbons (Fsp3) is 0.143. The van der Waals surface area contributed by atoms with E-state index in [1.807, 2.05) is 37.3 Å². The fourth-order valence-corrected chi connectivity index (χ4v) is 2.66. The van der Waals surface area contributed by atoms with Crippen molar-refractivity contribution in [2.24, 2.45) is 0 Å². The van der Waals surface area contributed by atoms with Gasteiger partial charge in [-0.15, -0.1) is 12.3 Å². The lowest BCUT2D eigenvalue weighted by atomic mass is 10.1. The number of hydrogen-bond acceptors (Lipinski definition) is 3. The SMILES string of the molecule is C#CCCOC(=O)c1cc(C(=O)c2ccccc2)n2ccc(C)cc12. The number of terminal acetylenes is 1. The minimum absolute atomic E-state index is 0.151. The molecule has 0 saturated heterocycles. The Kier molecular flexibility index (Phi) is 4.67. The highest BCUT2D eigenvalue weighted by Crippen LogP contribution is 2.22. The van der Waals surface area contributed by atoms with E-state index in [4.69, 9.17) is 11.2 Å². The molecule has 0 spiro atoms. The van der Waals surface area contributed by atoms with Crippen molar-refractivity contribution in [2.45, 2.75) is 13.3 Å². The molecule has 25 heavy (non-hydrogen) atoms. The molecule has 0 fully saturated rings. The molecule has 124 valence electrons. The van der Waals surface area contributed by atoms with Gasteiger partial charge in [0.05, 0.1) is 16.8 Å². The highest BCUT2D eigenvalue weighted by molar-refractivity contribution is 6.11. The van der Waals surface area contributed by atoms with Crippen LogP contribution in [-0.2, 0) is 4.74 Å². The number of nitrogens with zero attached hydrogens (tertiary/aromatic N) is 1. The van der Waals surface area contributed by atoms with Crippen molar-refractivity contribution in [3.05, 3.63) is 77.1 Å². The Labute approximate surface area is 146 Å². The number of ether oxygens (including phenoxy) is 1. The van der Waals surface area contributed by atoms with Crippen LogP contribution in [-0.4, -0.2) is 22.8 Å². The maximum atomic E-state index is 12.8. The van der Waals surface area contributed by atoms with Crippen molar-refractivity contribution in [3.8, 4) is 12.3 Å². The number of ketones is 1. The number of rotatable bonds is 5. The minimum atomic E-state index is -0.481. The summed E-state index contributed by atoms with van der Waals surface area (Å²) in [5, 5.41) is 0. The third-order valence-electron chi connectivity index (χ3n) is 3.90. The van der Waals surface area contributed by atoms with E-state index in [0.717, 1.165) is 5.56 Å². The third-order valence-corrected chi connectivity index (χ3v) is 3.90. The Morgan fingerprint density at radius 3 is 2.64 bits per heavy atom. The van der Waals surface area contributed by atoms with Crippen LogP contribution < -0.4 is 0 Å². The first-order chi connectivity index (χ1) is 12.1. The van der Waals surface area contributed by atoms with Crippen molar-refractivity contribution < 1.29 is 14.3 Å². The van der Waals surface area contributed by atoms with Gasteiger partial charge in [0.15, 0.2) is 0 Å². The molecule has 0 radical (unpaired) electrons. The summed E-state index contributed by atoms with van der Waals surface area (Å²) in [5.74, 6) is 1.80. The Morgan fingerprint density at radius 2 is 1.92 bits per heavy atom. The molecule has 1 aromatic carbocycles. The molecule has 3 rings (SSSR count). The summed E-state index contributed by atoms with van der Waals surface area (Å²) in [6.07, 6.45) is 7.33. The van der Waals surface area contributed by atoms with Crippen molar-refractivity contribution in [2.75, 3.05) is 6.61 Å². The number of hydrogen-bond donors (Lipinski definition) is 0. The van der Waals surface area contributed by atoms with E-state index in [1.54, 1.807) is 28.8 Å². The predicted octanol–water partition coefficient (Wildman–Crippen LogP) is 3.66. The molecule has 4 heteroatoms. The Morgan fingerprint density at radius 1 is 1.16 bits per heavy atom. The molecular weight excluding hydrogens is 314 g/mol. The van der Waals surface area contributed by atoms with Crippen LogP contribution in [0.15, 0.2) is 54.7 Å². The molecule has 0 aliphatic heterocycles. The molecule has 0 unspecified atom stereocenters. The number of carbonyl (C=O) groups is 2. The quantitative estimate of drug-likeness (QED) is 0.310. The topological polar surface area (TPSA) is 47.8 Å². The van der Waals surface area contributed by atoms with Crippen LogP contribution >= 0.6 is 0 Å². The first-order valence-corrected chi connectivity index (χ1v) is 7.94. The summed E-state index contributed by atoms with van der Waals surface area (Å²) >= 11 is 0. The fourth-order valence-electron chi connectivity index (χ4n) is 2.66. The number of esters is 1. The van der Waals surface area contributed by atoms with E-state index < -0.39 is 5.97 Å². The van der Waals surface area contributed by atoms with Crippen LogP contribution in [0.3, 0.4) is 0 Å². The average Bonchev–Trinajstić information content (AvgIpc) is 3.00. The van der Waals surface area contributed by atoms with Crippen molar-refractivity contribution in [1.82, 2.24) is 4.40 Å². The predicted molar refractivity (Wildman–Crippen MR) is 95.7 cm³/mol. The second-order valence-corrected chi connectivity index (χ2v) is 5.69. The lowest BCUT2D eigenvalue weighted by molar-refractivity contribution is 0.0516. The van der Waals surface area contributed by atoms with Gasteiger partial charge in [-0.2, -0.15) is 0 Å². The standard InChI is InChI=1S/C21H17NO3/c1-3-4-12-25-21(24)17-14-19(20(23)16-8-6-5-7-9-16)22-11-10-15(2)13-18(17)22/h1,5-11,13-14H,4,12H2,2H3. The lowest BCUT2D eigenvalue weighted by Crippen LogP contribution is -2.05. The molecule has 0 saturated carbocycles. The molecule has 0 amide bonds. The molecule has 0 aliphatic carbocycles. The number of carbonyl (C=O) groups excluding carboxylic acids is 2. The smallest absolute Gasteiger partial charge is 0.340 e. The van der Waals surface area contributed by atoms with E-state index in [2.05, 4.69) is 5.92 Å². The number of benzene rings is 1. The summed E-state index contributed by atoms with van der Waals surface area (Å²) in [4.78, 5) is 25.2. The van der Waals surface area contributed by atoms with E-state index in [-0.39, 0.29) is 12.4 Å². The largest absolute Gasteiger partial charge is 0.461 e. The lowest BCUT2D eigenvalue weighted by Gasteiger charge is -2.04. The highest BCUT2D eigenvalue weighted by Gasteiger charge is 2.21. The summed E-state index contributed by atoms with van der Waals surface area (Å²) in [6, 6.07) is 14.3. The second kappa shape index (κ2) is 7.06. The molecule has 0 atom stereocenters. The van der Waals surface area contributed by atoms with E-state index >= 15 is 0 Å². The maximum absolute atomic E-state index is 12.8. The molecular formula is C21H17NO3. The van der Waals surface area contributed by atoms with Crippen LogP contribution in [0.5, 0.6) is 0 Å². The van der Waals surface area contributed by atoms with Gasteiger partial charge in [0, 0.05) is 18.2 Å². The number of aromatic nitrogens is 1. The number of fused-ring (bicyclic) bond motifs is 1. The number of pyridine rings is 1. The molecule has 2 heterocycles. The van der Waals surface area contributed by atoms with E-state index in [0.29, 0.717) is 28.8 Å². The van der Waals surface area contributed by atoms with E-state index in [1.165, 1.54) is 0 Å². The first kappa shape index (κ1) is 16.5. The van der Waals surface area contributed by atoms with Gasteiger partial charge in [-0.3, -0.25) is 4.79 Å². The maximum Gasteiger partial charge on any atom is 0.340 e. The second-order valence-electron chi connectivity index (χ2n) is 5.69. The van der Waals surface area contributed by atoms with Gasteiger partial charge < -0.3 is 9.14 Å². The molecule has 0 bridgehead atoms. The highest BCUT2D eigenvalue weighted by atomic mass is 16.5. The zero-order valence-electron chi connectivity index (χ0n) is 13.9. The van der Waals surface area contributed by atoms with Crippen molar-refractivity contribution in [3.63, 3.8) is 0 Å². The summed E-state index contributed by atoms with van der Waals surface area (Å²) in [5.41, 5.74) is 2.98. The Balaban J connectivity index is 2.07. The van der Waals surface area contributed by atoms with Crippen molar-refractivity contribution in [1.29, 1.82) is 0 Å². The zero-order chi connectivity index (χ0) is 17.8. The van der Waals surface area contributed by atoms with Gasteiger partial charge in [-0.25, -0.2) is 4.79 Å². The third kappa shape index (κ3) is 3.31. The molecule has 2 aromatic heterocycles. The van der Waals surface area contributed by atoms with Crippen LogP contribution in [0.25, 0.3) is 5.52 Å². The number of aryl methyl sites for hydroxylation is 1. The zero-order valence-corrected chi connectivity index (χ0v) is 13.9. The van der Waals surface area contributed by atoms with Crippen molar-refractivity contribution >= 4 is 17.3 Å². The van der Waals surface area contributed by atoms with Crippen LogP contribution in [0, 0.1) is 19.3 Å². The Bertz CT molecular complexity index is 978. The van der Waals surface area contributed by atoms with Gasteiger partial charge in [-0.05, 0) is 30.7 Å². The molecule has 3 aromatic rings. The summed E-state index contributed by atoms with van der Waals surface area (Å²) in [7, 11) is 0.